The van der Waals surface area contributed by atoms with Gasteiger partial charge >= 0.3 is 0 Å². The first-order valence-corrected chi connectivity index (χ1v) is 7.69. The van der Waals surface area contributed by atoms with Crippen molar-refractivity contribution in [1.29, 1.82) is 0 Å². The summed E-state index contributed by atoms with van der Waals surface area (Å²) in [6, 6.07) is 15.0. The highest BCUT2D eigenvalue weighted by Gasteiger charge is 2.26. The second kappa shape index (κ2) is 5.90. The Morgan fingerprint density at radius 2 is 2.00 bits per heavy atom. The number of fused-ring (bicyclic) bond motifs is 1. The summed E-state index contributed by atoms with van der Waals surface area (Å²) in [5, 5.41) is 0. The minimum atomic E-state index is 0.245. The first kappa shape index (κ1) is 14.2. The second-order valence-corrected chi connectivity index (χ2v) is 6.08. The summed E-state index contributed by atoms with van der Waals surface area (Å²) in [6.07, 6.45) is 2.23. The lowest BCUT2D eigenvalue weighted by molar-refractivity contribution is 0.210. The molecule has 3 rings (SSSR count). The summed E-state index contributed by atoms with van der Waals surface area (Å²) in [6.45, 7) is 4.95. The molecule has 2 unspecified atom stereocenters. The van der Waals surface area contributed by atoms with Gasteiger partial charge in [-0.2, -0.15) is 0 Å². The van der Waals surface area contributed by atoms with Gasteiger partial charge in [-0.25, -0.2) is 0 Å². The molecule has 2 nitrogen and oxygen atoms in total. The van der Waals surface area contributed by atoms with Gasteiger partial charge in [0.1, 0.15) is 11.9 Å². The van der Waals surface area contributed by atoms with E-state index in [9.17, 15) is 0 Å². The highest BCUT2D eigenvalue weighted by atomic mass is 16.5. The fourth-order valence-corrected chi connectivity index (χ4v) is 3.29. The summed E-state index contributed by atoms with van der Waals surface area (Å²) in [5.74, 6) is 1.41. The number of ether oxygens (including phenoxy) is 1. The van der Waals surface area contributed by atoms with Crippen LogP contribution in [0.1, 0.15) is 34.6 Å². The highest BCUT2D eigenvalue weighted by Crippen LogP contribution is 2.34. The Hall–Kier alpha value is -1.80. The van der Waals surface area contributed by atoms with Crippen molar-refractivity contribution >= 4 is 0 Å². The van der Waals surface area contributed by atoms with Gasteiger partial charge in [0.25, 0.3) is 0 Å². The van der Waals surface area contributed by atoms with Crippen molar-refractivity contribution in [2.75, 3.05) is 6.54 Å². The molecule has 0 aliphatic carbocycles. The van der Waals surface area contributed by atoms with Gasteiger partial charge < -0.3 is 10.5 Å². The molecule has 0 amide bonds. The van der Waals surface area contributed by atoms with Crippen molar-refractivity contribution < 1.29 is 4.74 Å². The molecule has 0 fully saturated rings. The zero-order chi connectivity index (χ0) is 14.8. The molecule has 0 radical (unpaired) electrons. The van der Waals surface area contributed by atoms with E-state index in [1.54, 1.807) is 0 Å². The molecule has 0 aromatic heterocycles. The maximum Gasteiger partial charge on any atom is 0.123 e. The average molecular weight is 281 g/mol. The van der Waals surface area contributed by atoms with Crippen LogP contribution in [0.5, 0.6) is 5.75 Å². The Labute approximate surface area is 126 Å². The van der Waals surface area contributed by atoms with E-state index in [2.05, 4.69) is 56.3 Å². The summed E-state index contributed by atoms with van der Waals surface area (Å²) >= 11 is 0. The van der Waals surface area contributed by atoms with Crippen LogP contribution in [0, 0.1) is 13.8 Å². The van der Waals surface area contributed by atoms with E-state index in [1.165, 1.54) is 22.3 Å². The first-order valence-electron chi connectivity index (χ1n) is 7.69. The van der Waals surface area contributed by atoms with Crippen molar-refractivity contribution in [2.24, 2.45) is 5.73 Å². The van der Waals surface area contributed by atoms with E-state index >= 15 is 0 Å². The Morgan fingerprint density at radius 1 is 1.19 bits per heavy atom. The van der Waals surface area contributed by atoms with E-state index in [0.29, 0.717) is 12.5 Å². The van der Waals surface area contributed by atoms with E-state index in [4.69, 9.17) is 10.5 Å². The van der Waals surface area contributed by atoms with Crippen LogP contribution in [0.4, 0.5) is 0 Å². The number of aryl methyl sites for hydroxylation is 2. The lowest BCUT2D eigenvalue weighted by Gasteiger charge is -2.21. The molecule has 2 atom stereocenters. The topological polar surface area (TPSA) is 35.2 Å². The van der Waals surface area contributed by atoms with Crippen LogP contribution in [0.15, 0.2) is 42.5 Å². The molecule has 1 aliphatic rings. The van der Waals surface area contributed by atoms with E-state index in [1.807, 2.05) is 0 Å². The monoisotopic (exact) mass is 281 g/mol. The van der Waals surface area contributed by atoms with Crippen LogP contribution in [0.2, 0.25) is 0 Å². The van der Waals surface area contributed by atoms with Gasteiger partial charge in [0, 0.05) is 6.42 Å². The summed E-state index contributed by atoms with van der Waals surface area (Å²) in [7, 11) is 0. The van der Waals surface area contributed by atoms with Gasteiger partial charge in [-0.15, -0.1) is 0 Å². The van der Waals surface area contributed by atoms with Crippen molar-refractivity contribution in [2.45, 2.75) is 38.7 Å². The molecule has 1 aliphatic heterocycles. The largest absolute Gasteiger partial charge is 0.490 e. The van der Waals surface area contributed by atoms with Crippen LogP contribution in [-0.2, 0) is 6.42 Å². The normalized spacial score (nSPS) is 18.1. The summed E-state index contributed by atoms with van der Waals surface area (Å²) in [4.78, 5) is 0. The molecule has 2 aromatic carbocycles. The zero-order valence-corrected chi connectivity index (χ0v) is 12.8. The smallest absolute Gasteiger partial charge is 0.123 e. The van der Waals surface area contributed by atoms with E-state index in [-0.39, 0.29) is 6.10 Å². The molecule has 21 heavy (non-hydrogen) atoms. The van der Waals surface area contributed by atoms with E-state index < -0.39 is 0 Å². The predicted octanol–water partition coefficient (Wildman–Crippen LogP) is 3.74. The Kier molecular flexibility index (Phi) is 3.98. The van der Waals surface area contributed by atoms with Crippen molar-refractivity contribution in [3.05, 3.63) is 64.7 Å². The lowest BCUT2D eigenvalue weighted by atomic mass is 9.89. The third-order valence-electron chi connectivity index (χ3n) is 4.42. The molecule has 0 saturated carbocycles. The van der Waals surface area contributed by atoms with Crippen LogP contribution < -0.4 is 10.5 Å². The van der Waals surface area contributed by atoms with Gasteiger partial charge in [0.2, 0.25) is 0 Å². The van der Waals surface area contributed by atoms with Crippen LogP contribution >= 0.6 is 0 Å². The number of hydrogen-bond donors (Lipinski definition) is 1. The summed E-state index contributed by atoms with van der Waals surface area (Å²) < 4.78 is 6.10. The number of hydrogen-bond acceptors (Lipinski definition) is 2. The molecular weight excluding hydrogens is 258 g/mol. The number of benzene rings is 2. The van der Waals surface area contributed by atoms with E-state index in [0.717, 1.165) is 18.6 Å². The molecular formula is C19H23NO. The standard InChI is InChI=1S/C19H23NO/c1-13-7-8-19-15(9-13)10-17(21-19)11-16(12-20)18-6-4-3-5-14(18)2/h3-9,16-17H,10-12,20H2,1-2H3. The Balaban J connectivity index is 1.74. The Bertz CT molecular complexity index is 635. The van der Waals surface area contributed by atoms with Gasteiger partial charge in [0.05, 0.1) is 0 Å². The maximum atomic E-state index is 6.10. The zero-order valence-electron chi connectivity index (χ0n) is 12.8. The van der Waals surface area contributed by atoms with Crippen LogP contribution in [-0.4, -0.2) is 12.6 Å². The number of rotatable bonds is 4. The third kappa shape index (κ3) is 2.96. The fraction of sp³-hybridized carbons (Fsp3) is 0.368. The van der Waals surface area contributed by atoms with Gasteiger partial charge in [0.15, 0.2) is 0 Å². The molecule has 0 spiro atoms. The van der Waals surface area contributed by atoms with Gasteiger partial charge in [-0.3, -0.25) is 0 Å². The number of nitrogens with two attached hydrogens (primary N) is 1. The SMILES string of the molecule is Cc1ccc2c(c1)CC(CC(CN)c1ccccc1C)O2. The maximum absolute atomic E-state index is 6.10. The van der Waals surface area contributed by atoms with Crippen molar-refractivity contribution in [3.63, 3.8) is 0 Å². The predicted molar refractivity (Wildman–Crippen MR) is 86.9 cm³/mol. The van der Waals surface area contributed by atoms with Gasteiger partial charge in [-0.05, 0) is 55.5 Å². The van der Waals surface area contributed by atoms with Crippen molar-refractivity contribution in [1.82, 2.24) is 0 Å². The highest BCUT2D eigenvalue weighted by molar-refractivity contribution is 5.40. The first-order chi connectivity index (χ1) is 10.2. The molecule has 110 valence electrons. The van der Waals surface area contributed by atoms with Crippen LogP contribution in [0.25, 0.3) is 0 Å². The quantitative estimate of drug-likeness (QED) is 0.926. The average Bonchev–Trinajstić information content (AvgIpc) is 2.87. The summed E-state index contributed by atoms with van der Waals surface area (Å²) in [5.41, 5.74) is 11.3. The van der Waals surface area contributed by atoms with Crippen molar-refractivity contribution in [3.8, 4) is 5.75 Å². The van der Waals surface area contributed by atoms with Crippen LogP contribution in [0.3, 0.4) is 0 Å². The second-order valence-electron chi connectivity index (χ2n) is 6.08. The molecule has 0 saturated heterocycles. The molecule has 1 heterocycles. The Morgan fingerprint density at radius 3 is 2.76 bits per heavy atom. The molecule has 2 aromatic rings. The molecule has 2 heteroatoms. The molecule has 2 N–H and O–H groups in total. The minimum absolute atomic E-state index is 0.245. The van der Waals surface area contributed by atoms with Gasteiger partial charge in [-0.1, -0.05) is 42.0 Å². The molecule has 0 bridgehead atoms. The lowest BCUT2D eigenvalue weighted by Crippen LogP contribution is -2.22. The fourth-order valence-electron chi connectivity index (χ4n) is 3.29. The minimum Gasteiger partial charge on any atom is -0.490 e. The third-order valence-corrected chi connectivity index (χ3v) is 4.42.